The van der Waals surface area contributed by atoms with Crippen LogP contribution in [0.1, 0.15) is 16.7 Å². The van der Waals surface area contributed by atoms with Gasteiger partial charge in [0, 0.05) is 23.5 Å². The van der Waals surface area contributed by atoms with Crippen molar-refractivity contribution >= 4 is 29.1 Å². The quantitative estimate of drug-likeness (QED) is 0.679. The van der Waals surface area contributed by atoms with E-state index in [0.29, 0.717) is 11.0 Å². The van der Waals surface area contributed by atoms with Crippen LogP contribution in [0.25, 0.3) is 0 Å². The Kier molecular flexibility index (Phi) is 4.96. The Bertz CT molecular complexity index is 848. The Morgan fingerprint density at radius 2 is 1.92 bits per heavy atom. The number of hydrogen-bond donors (Lipinski definition) is 2. The van der Waals surface area contributed by atoms with E-state index in [1.165, 1.54) is 11.1 Å². The number of benzene rings is 2. The van der Waals surface area contributed by atoms with Crippen LogP contribution in [-0.4, -0.2) is 9.97 Å². The van der Waals surface area contributed by atoms with Gasteiger partial charge in [0.05, 0.1) is 0 Å². The maximum atomic E-state index is 5.99. The molecule has 0 aliphatic rings. The fourth-order valence-electron chi connectivity index (χ4n) is 2.42. The molecule has 0 fully saturated rings. The summed E-state index contributed by atoms with van der Waals surface area (Å²) in [6.45, 7) is 4.80. The van der Waals surface area contributed by atoms with Gasteiger partial charge in [0.1, 0.15) is 5.82 Å². The van der Waals surface area contributed by atoms with E-state index in [0.717, 1.165) is 23.6 Å². The highest BCUT2D eigenvalue weighted by Crippen LogP contribution is 2.22. The predicted molar refractivity (Wildman–Crippen MR) is 100 cm³/mol. The van der Waals surface area contributed by atoms with Crippen molar-refractivity contribution in [1.82, 2.24) is 9.97 Å². The lowest BCUT2D eigenvalue weighted by Crippen LogP contribution is -2.04. The van der Waals surface area contributed by atoms with Gasteiger partial charge in [-0.3, -0.25) is 0 Å². The summed E-state index contributed by atoms with van der Waals surface area (Å²) in [7, 11) is 0. The number of anilines is 3. The second-order valence-electron chi connectivity index (χ2n) is 5.69. The molecular formula is C19H19ClN4. The zero-order chi connectivity index (χ0) is 16.9. The lowest BCUT2D eigenvalue weighted by molar-refractivity contribution is 1.08. The van der Waals surface area contributed by atoms with Crippen LogP contribution < -0.4 is 10.6 Å². The zero-order valence-electron chi connectivity index (χ0n) is 13.7. The van der Waals surface area contributed by atoms with Gasteiger partial charge in [0.2, 0.25) is 5.95 Å². The second kappa shape index (κ2) is 7.32. The number of aryl methyl sites for hydroxylation is 2. The fraction of sp³-hybridized carbons (Fsp3) is 0.158. The molecule has 0 aliphatic carbocycles. The van der Waals surface area contributed by atoms with E-state index in [-0.39, 0.29) is 0 Å². The van der Waals surface area contributed by atoms with Crippen molar-refractivity contribution in [2.75, 3.05) is 10.6 Å². The topological polar surface area (TPSA) is 49.8 Å². The molecule has 1 aromatic heterocycles. The molecule has 0 amide bonds. The Hall–Kier alpha value is -2.59. The molecule has 0 radical (unpaired) electrons. The molecule has 0 saturated carbocycles. The maximum Gasteiger partial charge on any atom is 0.229 e. The van der Waals surface area contributed by atoms with Crippen LogP contribution in [0, 0.1) is 13.8 Å². The van der Waals surface area contributed by atoms with Crippen molar-refractivity contribution in [2.24, 2.45) is 0 Å². The SMILES string of the molecule is Cc1cccc(CNc2ccnc(Nc3ccc(Cl)cc3C)n2)c1. The summed E-state index contributed by atoms with van der Waals surface area (Å²) in [5.74, 6) is 1.33. The van der Waals surface area contributed by atoms with E-state index in [2.05, 4.69) is 51.8 Å². The molecule has 2 aromatic carbocycles. The average molecular weight is 339 g/mol. The van der Waals surface area contributed by atoms with E-state index >= 15 is 0 Å². The van der Waals surface area contributed by atoms with Gasteiger partial charge in [0.25, 0.3) is 0 Å². The zero-order valence-corrected chi connectivity index (χ0v) is 14.4. The monoisotopic (exact) mass is 338 g/mol. The molecule has 0 saturated heterocycles. The molecule has 0 bridgehead atoms. The summed E-state index contributed by atoms with van der Waals surface area (Å²) in [6, 6.07) is 15.9. The summed E-state index contributed by atoms with van der Waals surface area (Å²) in [6.07, 6.45) is 1.74. The Morgan fingerprint density at radius 1 is 1.04 bits per heavy atom. The number of nitrogens with zero attached hydrogens (tertiary/aromatic N) is 2. The van der Waals surface area contributed by atoms with Crippen LogP contribution >= 0.6 is 11.6 Å². The molecule has 5 heteroatoms. The minimum Gasteiger partial charge on any atom is -0.366 e. The van der Waals surface area contributed by atoms with Gasteiger partial charge in [-0.1, -0.05) is 41.4 Å². The van der Waals surface area contributed by atoms with Gasteiger partial charge in [0.15, 0.2) is 0 Å². The van der Waals surface area contributed by atoms with E-state index in [1.54, 1.807) is 6.20 Å². The third-order valence-corrected chi connectivity index (χ3v) is 3.88. The molecule has 3 aromatic rings. The Morgan fingerprint density at radius 3 is 2.71 bits per heavy atom. The largest absolute Gasteiger partial charge is 0.366 e. The maximum absolute atomic E-state index is 5.99. The number of aromatic nitrogens is 2. The van der Waals surface area contributed by atoms with Crippen molar-refractivity contribution in [3.63, 3.8) is 0 Å². The third kappa shape index (κ3) is 4.24. The fourth-order valence-corrected chi connectivity index (χ4v) is 2.65. The first-order chi connectivity index (χ1) is 11.6. The summed E-state index contributed by atoms with van der Waals surface area (Å²) in [5, 5.41) is 7.27. The first kappa shape index (κ1) is 16.3. The van der Waals surface area contributed by atoms with Gasteiger partial charge in [-0.2, -0.15) is 4.98 Å². The van der Waals surface area contributed by atoms with Gasteiger partial charge in [-0.25, -0.2) is 4.98 Å². The van der Waals surface area contributed by atoms with Crippen LogP contribution in [0.2, 0.25) is 5.02 Å². The highest BCUT2D eigenvalue weighted by molar-refractivity contribution is 6.30. The van der Waals surface area contributed by atoms with E-state index in [9.17, 15) is 0 Å². The molecule has 0 unspecified atom stereocenters. The van der Waals surface area contributed by atoms with Crippen molar-refractivity contribution in [2.45, 2.75) is 20.4 Å². The molecule has 0 aliphatic heterocycles. The molecule has 122 valence electrons. The number of hydrogen-bond acceptors (Lipinski definition) is 4. The first-order valence-electron chi connectivity index (χ1n) is 7.76. The molecule has 0 atom stereocenters. The lowest BCUT2D eigenvalue weighted by Gasteiger charge is -2.10. The molecule has 0 spiro atoms. The number of halogens is 1. The van der Waals surface area contributed by atoms with E-state index in [1.807, 2.05) is 31.2 Å². The van der Waals surface area contributed by atoms with Gasteiger partial charge in [-0.05, 0) is 49.2 Å². The third-order valence-electron chi connectivity index (χ3n) is 3.65. The normalized spacial score (nSPS) is 10.5. The van der Waals surface area contributed by atoms with Crippen molar-refractivity contribution in [1.29, 1.82) is 0 Å². The standard InChI is InChI=1S/C19H19ClN4/c1-13-4-3-5-15(10-13)12-22-18-8-9-21-19(24-18)23-17-7-6-16(20)11-14(17)2/h3-11H,12H2,1-2H3,(H2,21,22,23,24). The number of rotatable bonds is 5. The molecular weight excluding hydrogens is 320 g/mol. The summed E-state index contributed by atoms with van der Waals surface area (Å²) < 4.78 is 0. The predicted octanol–water partition coefficient (Wildman–Crippen LogP) is 5.10. The molecule has 3 rings (SSSR count). The Labute approximate surface area is 146 Å². The van der Waals surface area contributed by atoms with Gasteiger partial charge in [-0.15, -0.1) is 0 Å². The lowest BCUT2D eigenvalue weighted by atomic mass is 10.1. The Balaban J connectivity index is 1.69. The average Bonchev–Trinajstić information content (AvgIpc) is 2.56. The van der Waals surface area contributed by atoms with E-state index < -0.39 is 0 Å². The minimum atomic E-state index is 0.551. The highest BCUT2D eigenvalue weighted by Gasteiger charge is 2.03. The summed E-state index contributed by atoms with van der Waals surface area (Å²) in [4.78, 5) is 8.77. The van der Waals surface area contributed by atoms with Crippen LogP contribution in [0.15, 0.2) is 54.7 Å². The second-order valence-corrected chi connectivity index (χ2v) is 6.13. The van der Waals surface area contributed by atoms with Crippen LogP contribution in [-0.2, 0) is 6.54 Å². The van der Waals surface area contributed by atoms with E-state index in [4.69, 9.17) is 11.6 Å². The van der Waals surface area contributed by atoms with Gasteiger partial charge < -0.3 is 10.6 Å². The molecule has 24 heavy (non-hydrogen) atoms. The van der Waals surface area contributed by atoms with Crippen LogP contribution in [0.5, 0.6) is 0 Å². The van der Waals surface area contributed by atoms with Crippen LogP contribution in [0.3, 0.4) is 0 Å². The minimum absolute atomic E-state index is 0.551. The molecule has 1 heterocycles. The smallest absolute Gasteiger partial charge is 0.229 e. The van der Waals surface area contributed by atoms with Crippen LogP contribution in [0.4, 0.5) is 17.5 Å². The van der Waals surface area contributed by atoms with Crippen molar-refractivity contribution in [3.05, 3.63) is 76.4 Å². The number of nitrogens with one attached hydrogen (secondary N) is 2. The highest BCUT2D eigenvalue weighted by atomic mass is 35.5. The summed E-state index contributed by atoms with van der Waals surface area (Å²) >= 11 is 5.99. The summed E-state index contributed by atoms with van der Waals surface area (Å²) in [5.41, 5.74) is 4.45. The van der Waals surface area contributed by atoms with Crippen molar-refractivity contribution < 1.29 is 0 Å². The first-order valence-corrected chi connectivity index (χ1v) is 8.13. The molecule has 2 N–H and O–H groups in total. The molecule has 4 nitrogen and oxygen atoms in total. The van der Waals surface area contributed by atoms with Gasteiger partial charge >= 0.3 is 0 Å². The van der Waals surface area contributed by atoms with Crippen molar-refractivity contribution in [3.8, 4) is 0 Å².